The van der Waals surface area contributed by atoms with Gasteiger partial charge in [0.25, 0.3) is 5.56 Å². The van der Waals surface area contributed by atoms with Gasteiger partial charge in [0.1, 0.15) is 5.75 Å². The number of rotatable bonds is 10. The summed E-state index contributed by atoms with van der Waals surface area (Å²) in [6.07, 6.45) is 0.942. The van der Waals surface area contributed by atoms with E-state index in [1.807, 2.05) is 30.3 Å². The van der Waals surface area contributed by atoms with E-state index in [2.05, 4.69) is 10.4 Å². The summed E-state index contributed by atoms with van der Waals surface area (Å²) in [5.74, 6) is 0.706. The first-order chi connectivity index (χ1) is 15.6. The second-order valence-corrected chi connectivity index (χ2v) is 7.07. The Labute approximate surface area is 186 Å². The molecule has 1 amide bonds. The molecule has 2 aromatic carbocycles. The van der Waals surface area contributed by atoms with Crippen LogP contribution in [-0.2, 0) is 11.3 Å². The highest BCUT2D eigenvalue weighted by Crippen LogP contribution is 2.22. The molecule has 32 heavy (non-hydrogen) atoms. The molecule has 1 heterocycles. The van der Waals surface area contributed by atoms with E-state index >= 15 is 0 Å². The van der Waals surface area contributed by atoms with E-state index in [4.69, 9.17) is 14.6 Å². The van der Waals surface area contributed by atoms with Gasteiger partial charge < -0.3 is 14.6 Å². The number of unbranched alkanes of at least 4 members (excludes halogenated alkanes) is 1. The Morgan fingerprint density at radius 1 is 1.09 bits per heavy atom. The highest BCUT2D eigenvalue weighted by atomic mass is 16.5. The lowest BCUT2D eigenvalue weighted by molar-refractivity contribution is 0.168. The van der Waals surface area contributed by atoms with Crippen molar-refractivity contribution in [1.29, 1.82) is 0 Å². The SMILES string of the molecule is CCOC(=O)Nc1cccc(Cn2nc(-c3cccc(OCCCCO)c3)ccc2=O)c1. The summed E-state index contributed by atoms with van der Waals surface area (Å²) < 4.78 is 12.0. The van der Waals surface area contributed by atoms with Gasteiger partial charge in [0.15, 0.2) is 0 Å². The van der Waals surface area contributed by atoms with Crippen molar-refractivity contribution in [3.8, 4) is 17.0 Å². The van der Waals surface area contributed by atoms with Gasteiger partial charge in [-0.15, -0.1) is 0 Å². The van der Waals surface area contributed by atoms with Gasteiger partial charge in [-0.1, -0.05) is 24.3 Å². The molecule has 0 spiro atoms. The molecule has 0 aliphatic carbocycles. The fourth-order valence-corrected chi connectivity index (χ4v) is 3.07. The lowest BCUT2D eigenvalue weighted by atomic mass is 10.1. The molecule has 0 saturated carbocycles. The minimum Gasteiger partial charge on any atom is -0.494 e. The molecule has 0 saturated heterocycles. The van der Waals surface area contributed by atoms with Gasteiger partial charge in [-0.2, -0.15) is 5.10 Å². The zero-order chi connectivity index (χ0) is 22.8. The summed E-state index contributed by atoms with van der Waals surface area (Å²) in [6, 6.07) is 17.9. The molecule has 1 aromatic heterocycles. The van der Waals surface area contributed by atoms with Gasteiger partial charge in [0.2, 0.25) is 0 Å². The highest BCUT2D eigenvalue weighted by molar-refractivity contribution is 5.84. The van der Waals surface area contributed by atoms with Gasteiger partial charge in [-0.3, -0.25) is 10.1 Å². The van der Waals surface area contributed by atoms with Crippen LogP contribution < -0.4 is 15.6 Å². The van der Waals surface area contributed by atoms with Crippen molar-refractivity contribution in [1.82, 2.24) is 9.78 Å². The number of nitrogens with zero attached hydrogens (tertiary/aromatic N) is 2. The number of carbonyl (C=O) groups excluding carboxylic acids is 1. The van der Waals surface area contributed by atoms with E-state index in [-0.39, 0.29) is 25.3 Å². The minimum absolute atomic E-state index is 0.149. The van der Waals surface area contributed by atoms with Gasteiger partial charge in [-0.05, 0) is 55.7 Å². The average Bonchev–Trinajstić information content (AvgIpc) is 2.79. The predicted molar refractivity (Wildman–Crippen MR) is 122 cm³/mol. The first-order valence-corrected chi connectivity index (χ1v) is 10.5. The molecular formula is C24H27N3O5. The number of aliphatic hydroxyl groups excluding tert-OH is 1. The molecule has 8 heteroatoms. The molecule has 168 valence electrons. The zero-order valence-electron chi connectivity index (χ0n) is 18.0. The van der Waals surface area contributed by atoms with Crippen molar-refractivity contribution in [3.05, 3.63) is 76.6 Å². The molecule has 0 atom stereocenters. The molecule has 0 aliphatic heterocycles. The molecule has 2 N–H and O–H groups in total. The topological polar surface area (TPSA) is 103 Å². The third kappa shape index (κ3) is 6.68. The first kappa shape index (κ1) is 23.0. The van der Waals surface area contributed by atoms with Crippen LogP contribution in [0.15, 0.2) is 65.5 Å². The van der Waals surface area contributed by atoms with Crippen LogP contribution >= 0.6 is 0 Å². The maximum Gasteiger partial charge on any atom is 0.411 e. The minimum atomic E-state index is -0.527. The third-order valence-electron chi connectivity index (χ3n) is 4.60. The molecule has 3 aromatic rings. The molecule has 0 fully saturated rings. The van der Waals surface area contributed by atoms with E-state index in [9.17, 15) is 9.59 Å². The van der Waals surface area contributed by atoms with Gasteiger partial charge >= 0.3 is 6.09 Å². The van der Waals surface area contributed by atoms with Crippen LogP contribution in [0.25, 0.3) is 11.3 Å². The quantitative estimate of drug-likeness (QED) is 0.469. The van der Waals surface area contributed by atoms with Crippen molar-refractivity contribution < 1.29 is 19.4 Å². The molecule has 8 nitrogen and oxygen atoms in total. The van der Waals surface area contributed by atoms with Crippen LogP contribution in [0.5, 0.6) is 5.75 Å². The van der Waals surface area contributed by atoms with Crippen LogP contribution in [0.4, 0.5) is 10.5 Å². The largest absolute Gasteiger partial charge is 0.494 e. The molecular weight excluding hydrogens is 410 g/mol. The molecule has 0 radical (unpaired) electrons. The number of aliphatic hydroxyl groups is 1. The number of hydrogen-bond acceptors (Lipinski definition) is 6. The van der Waals surface area contributed by atoms with Crippen LogP contribution in [0.2, 0.25) is 0 Å². The van der Waals surface area contributed by atoms with E-state index in [1.165, 1.54) is 10.7 Å². The Kier molecular flexibility index (Phi) is 8.39. The standard InChI is InChI=1S/C24H27N3O5/c1-2-31-24(30)25-20-9-5-7-18(15-20)17-27-23(29)12-11-22(26-27)19-8-6-10-21(16-19)32-14-4-3-13-28/h5-12,15-16,28H,2-4,13-14,17H2,1H3,(H,25,30). The van der Waals surface area contributed by atoms with Gasteiger partial charge in [0, 0.05) is 23.9 Å². The number of ether oxygens (including phenoxy) is 2. The van der Waals surface area contributed by atoms with Crippen molar-refractivity contribution in [2.24, 2.45) is 0 Å². The normalized spacial score (nSPS) is 10.6. The summed E-state index contributed by atoms with van der Waals surface area (Å²) in [6.45, 7) is 2.94. The Morgan fingerprint density at radius 3 is 2.75 bits per heavy atom. The lowest BCUT2D eigenvalue weighted by Gasteiger charge is -2.11. The third-order valence-corrected chi connectivity index (χ3v) is 4.60. The summed E-state index contributed by atoms with van der Waals surface area (Å²) in [7, 11) is 0. The Hall–Kier alpha value is -3.65. The van der Waals surface area contributed by atoms with Gasteiger partial charge in [-0.25, -0.2) is 9.48 Å². The molecule has 0 bridgehead atoms. The van der Waals surface area contributed by atoms with Crippen molar-refractivity contribution >= 4 is 11.8 Å². The molecule has 0 unspecified atom stereocenters. The fourth-order valence-electron chi connectivity index (χ4n) is 3.07. The Morgan fingerprint density at radius 2 is 1.94 bits per heavy atom. The van der Waals surface area contributed by atoms with E-state index in [0.717, 1.165) is 17.5 Å². The number of amides is 1. The van der Waals surface area contributed by atoms with Crippen LogP contribution in [-0.4, -0.2) is 40.8 Å². The van der Waals surface area contributed by atoms with Crippen molar-refractivity contribution in [2.45, 2.75) is 26.3 Å². The van der Waals surface area contributed by atoms with E-state index < -0.39 is 6.09 Å². The van der Waals surface area contributed by atoms with E-state index in [0.29, 0.717) is 30.2 Å². The zero-order valence-corrected chi connectivity index (χ0v) is 18.0. The lowest BCUT2D eigenvalue weighted by Crippen LogP contribution is -2.23. The van der Waals surface area contributed by atoms with Crippen LogP contribution in [0.1, 0.15) is 25.3 Å². The van der Waals surface area contributed by atoms with E-state index in [1.54, 1.807) is 31.2 Å². The number of carbonyl (C=O) groups is 1. The Bertz CT molecular complexity index is 1100. The molecule has 0 aliphatic rings. The number of aromatic nitrogens is 2. The van der Waals surface area contributed by atoms with Crippen molar-refractivity contribution in [3.63, 3.8) is 0 Å². The summed E-state index contributed by atoms with van der Waals surface area (Å²) in [5, 5.41) is 16.0. The maximum atomic E-state index is 12.4. The second kappa shape index (κ2) is 11.7. The van der Waals surface area contributed by atoms with Crippen LogP contribution in [0, 0.1) is 0 Å². The number of hydrogen-bond donors (Lipinski definition) is 2. The summed E-state index contributed by atoms with van der Waals surface area (Å²) >= 11 is 0. The number of nitrogens with one attached hydrogen (secondary N) is 1. The first-order valence-electron chi connectivity index (χ1n) is 10.5. The van der Waals surface area contributed by atoms with Crippen molar-refractivity contribution in [2.75, 3.05) is 25.1 Å². The number of anilines is 1. The smallest absolute Gasteiger partial charge is 0.411 e. The summed E-state index contributed by atoms with van der Waals surface area (Å²) in [4.78, 5) is 24.0. The highest BCUT2D eigenvalue weighted by Gasteiger charge is 2.08. The average molecular weight is 437 g/mol. The van der Waals surface area contributed by atoms with Gasteiger partial charge in [0.05, 0.1) is 25.5 Å². The fraction of sp³-hybridized carbons (Fsp3) is 0.292. The monoisotopic (exact) mass is 437 g/mol. The maximum absolute atomic E-state index is 12.4. The predicted octanol–water partition coefficient (Wildman–Crippen LogP) is 3.68. The van der Waals surface area contributed by atoms with Crippen LogP contribution in [0.3, 0.4) is 0 Å². The number of benzene rings is 2. The Balaban J connectivity index is 1.75. The second-order valence-electron chi connectivity index (χ2n) is 7.07. The molecule has 3 rings (SSSR count). The summed E-state index contributed by atoms with van der Waals surface area (Å²) in [5.41, 5.74) is 2.64.